The fourth-order valence-corrected chi connectivity index (χ4v) is 2.51. The molecule has 0 saturated heterocycles. The number of aromatic nitrogens is 2. The molecule has 0 spiro atoms. The van der Waals surface area contributed by atoms with E-state index in [1.165, 1.54) is 18.2 Å². The number of methoxy groups -OCH3 is 1. The first kappa shape index (κ1) is 18.4. The first-order valence-electron chi connectivity index (χ1n) is 8.32. The maximum absolute atomic E-state index is 13.0. The van der Waals surface area contributed by atoms with Crippen LogP contribution >= 0.6 is 0 Å². The summed E-state index contributed by atoms with van der Waals surface area (Å²) in [6.07, 6.45) is 4.92. The molecule has 0 aliphatic heterocycles. The molecule has 2 aromatic carbocycles. The van der Waals surface area contributed by atoms with Gasteiger partial charge in [0.15, 0.2) is 0 Å². The third kappa shape index (κ3) is 4.82. The SMILES string of the molecule is COc1ccc(/C=C/C(=O)c2ccn(C)n2)cc1COc1ccc(F)cc1. The summed E-state index contributed by atoms with van der Waals surface area (Å²) in [5, 5.41) is 4.09. The minimum Gasteiger partial charge on any atom is -0.496 e. The Morgan fingerprint density at radius 3 is 2.63 bits per heavy atom. The van der Waals surface area contributed by atoms with Crippen LogP contribution in [0.5, 0.6) is 11.5 Å². The summed E-state index contributed by atoms with van der Waals surface area (Å²) < 4.78 is 25.6. The van der Waals surface area contributed by atoms with Crippen molar-refractivity contribution in [1.29, 1.82) is 0 Å². The van der Waals surface area contributed by atoms with E-state index in [1.54, 1.807) is 49.3 Å². The van der Waals surface area contributed by atoms with Crippen LogP contribution in [0.1, 0.15) is 21.6 Å². The van der Waals surface area contributed by atoms with Crippen molar-refractivity contribution >= 4 is 11.9 Å². The molecule has 0 bridgehead atoms. The Hall–Kier alpha value is -3.41. The highest BCUT2D eigenvalue weighted by Crippen LogP contribution is 2.23. The van der Waals surface area contributed by atoms with E-state index in [2.05, 4.69) is 5.10 Å². The number of nitrogens with zero attached hydrogens (tertiary/aromatic N) is 2. The Morgan fingerprint density at radius 1 is 1.19 bits per heavy atom. The number of benzene rings is 2. The highest BCUT2D eigenvalue weighted by molar-refractivity contribution is 6.05. The molecule has 0 unspecified atom stereocenters. The molecule has 0 fully saturated rings. The molecule has 1 heterocycles. The minimum atomic E-state index is -0.315. The molecule has 3 aromatic rings. The molecule has 0 N–H and O–H groups in total. The summed E-state index contributed by atoms with van der Waals surface area (Å²) in [6, 6.07) is 13.0. The Bertz CT molecular complexity index is 962. The zero-order chi connectivity index (χ0) is 19.2. The van der Waals surface area contributed by atoms with E-state index in [1.807, 2.05) is 18.2 Å². The molecule has 0 radical (unpaired) electrons. The maximum Gasteiger partial charge on any atom is 0.206 e. The molecule has 3 rings (SSSR count). The molecule has 138 valence electrons. The Kier molecular flexibility index (Phi) is 5.66. The molecule has 0 aliphatic rings. The van der Waals surface area contributed by atoms with Crippen LogP contribution in [0.3, 0.4) is 0 Å². The molecule has 0 saturated carbocycles. The van der Waals surface area contributed by atoms with E-state index < -0.39 is 0 Å². The lowest BCUT2D eigenvalue weighted by Gasteiger charge is -2.11. The number of hydrogen-bond donors (Lipinski definition) is 0. The minimum absolute atomic E-state index is 0.171. The molecule has 0 amide bonds. The number of halogens is 1. The number of carbonyl (C=O) groups is 1. The first-order valence-corrected chi connectivity index (χ1v) is 8.32. The Morgan fingerprint density at radius 2 is 1.96 bits per heavy atom. The van der Waals surface area contributed by atoms with Gasteiger partial charge >= 0.3 is 0 Å². The lowest BCUT2D eigenvalue weighted by molar-refractivity contribution is 0.104. The van der Waals surface area contributed by atoms with E-state index in [4.69, 9.17) is 9.47 Å². The second-order valence-electron chi connectivity index (χ2n) is 5.89. The van der Waals surface area contributed by atoms with Gasteiger partial charge in [-0.1, -0.05) is 12.1 Å². The summed E-state index contributed by atoms with van der Waals surface area (Å²) in [4.78, 5) is 12.1. The second-order valence-corrected chi connectivity index (χ2v) is 5.89. The zero-order valence-electron chi connectivity index (χ0n) is 15.1. The topological polar surface area (TPSA) is 53.4 Å². The van der Waals surface area contributed by atoms with Crippen LogP contribution in [0.25, 0.3) is 6.08 Å². The number of hydrogen-bond acceptors (Lipinski definition) is 4. The fraction of sp³-hybridized carbons (Fsp3) is 0.143. The third-order valence-electron chi connectivity index (χ3n) is 3.91. The second kappa shape index (κ2) is 8.31. The van der Waals surface area contributed by atoms with Crippen molar-refractivity contribution in [3.63, 3.8) is 0 Å². The van der Waals surface area contributed by atoms with Gasteiger partial charge in [0, 0.05) is 18.8 Å². The van der Waals surface area contributed by atoms with Gasteiger partial charge in [0.25, 0.3) is 0 Å². The standard InChI is InChI=1S/C21H19FN2O3/c1-24-12-11-19(23-24)20(25)9-3-15-4-10-21(26-2)16(13-15)14-27-18-7-5-17(22)6-8-18/h3-13H,14H2,1-2H3/b9-3+. The summed E-state index contributed by atoms with van der Waals surface area (Å²) in [5.74, 6) is 0.746. The van der Waals surface area contributed by atoms with Gasteiger partial charge in [0.2, 0.25) is 5.78 Å². The van der Waals surface area contributed by atoms with Gasteiger partial charge in [-0.3, -0.25) is 9.48 Å². The summed E-state index contributed by atoms with van der Waals surface area (Å²) >= 11 is 0. The molecule has 6 heteroatoms. The molecule has 1 aromatic heterocycles. The first-order chi connectivity index (χ1) is 13.0. The van der Waals surface area contributed by atoms with Gasteiger partial charge in [0.1, 0.15) is 29.6 Å². The summed E-state index contributed by atoms with van der Waals surface area (Å²) in [7, 11) is 3.34. The monoisotopic (exact) mass is 366 g/mol. The predicted octanol–water partition coefficient (Wildman–Crippen LogP) is 4.04. The molecular formula is C21H19FN2O3. The number of ketones is 1. The van der Waals surface area contributed by atoms with Crippen molar-refractivity contribution in [3.8, 4) is 11.5 Å². The van der Waals surface area contributed by atoms with Crippen molar-refractivity contribution in [2.24, 2.45) is 7.05 Å². The van der Waals surface area contributed by atoms with Crippen LogP contribution < -0.4 is 9.47 Å². The Labute approximate surface area is 156 Å². The maximum atomic E-state index is 13.0. The van der Waals surface area contributed by atoms with Gasteiger partial charge in [-0.05, 0) is 54.1 Å². The summed E-state index contributed by atoms with van der Waals surface area (Å²) in [6.45, 7) is 0.255. The largest absolute Gasteiger partial charge is 0.496 e. The average molecular weight is 366 g/mol. The van der Waals surface area contributed by atoms with Crippen LogP contribution in [0.4, 0.5) is 4.39 Å². The van der Waals surface area contributed by atoms with E-state index in [0.717, 1.165) is 11.1 Å². The van der Waals surface area contributed by atoms with Crippen LogP contribution in [0.15, 0.2) is 60.8 Å². The van der Waals surface area contributed by atoms with E-state index in [0.29, 0.717) is 17.2 Å². The van der Waals surface area contributed by atoms with E-state index in [9.17, 15) is 9.18 Å². The van der Waals surface area contributed by atoms with Gasteiger partial charge in [-0.2, -0.15) is 5.10 Å². The van der Waals surface area contributed by atoms with E-state index >= 15 is 0 Å². The van der Waals surface area contributed by atoms with Crippen molar-refractivity contribution in [2.75, 3.05) is 7.11 Å². The summed E-state index contributed by atoms with van der Waals surface area (Å²) in [5.41, 5.74) is 2.04. The molecular weight excluding hydrogens is 347 g/mol. The number of allylic oxidation sites excluding steroid dienone is 1. The average Bonchev–Trinajstić information content (AvgIpc) is 3.12. The van der Waals surface area contributed by atoms with Crippen LogP contribution in [0.2, 0.25) is 0 Å². The third-order valence-corrected chi connectivity index (χ3v) is 3.91. The van der Waals surface area contributed by atoms with Gasteiger partial charge in [-0.15, -0.1) is 0 Å². The van der Waals surface area contributed by atoms with Crippen molar-refractivity contribution in [1.82, 2.24) is 9.78 Å². The molecule has 0 aliphatic carbocycles. The molecule has 5 nitrogen and oxygen atoms in total. The van der Waals surface area contributed by atoms with Crippen molar-refractivity contribution < 1.29 is 18.7 Å². The van der Waals surface area contributed by atoms with Crippen LogP contribution in [-0.4, -0.2) is 22.7 Å². The van der Waals surface area contributed by atoms with Crippen molar-refractivity contribution in [2.45, 2.75) is 6.61 Å². The molecule has 0 atom stereocenters. The number of ether oxygens (including phenoxy) is 2. The van der Waals surface area contributed by atoms with Gasteiger partial charge < -0.3 is 9.47 Å². The lowest BCUT2D eigenvalue weighted by atomic mass is 10.1. The smallest absolute Gasteiger partial charge is 0.206 e. The lowest BCUT2D eigenvalue weighted by Crippen LogP contribution is -2.00. The number of rotatable bonds is 7. The zero-order valence-corrected chi connectivity index (χ0v) is 15.1. The van der Waals surface area contributed by atoms with Gasteiger partial charge in [0.05, 0.1) is 7.11 Å². The van der Waals surface area contributed by atoms with E-state index in [-0.39, 0.29) is 18.2 Å². The fourth-order valence-electron chi connectivity index (χ4n) is 2.51. The normalized spacial score (nSPS) is 10.9. The number of aryl methyl sites for hydroxylation is 1. The van der Waals surface area contributed by atoms with Crippen molar-refractivity contribution in [3.05, 3.63) is 83.4 Å². The highest BCUT2D eigenvalue weighted by atomic mass is 19.1. The Balaban J connectivity index is 1.73. The highest BCUT2D eigenvalue weighted by Gasteiger charge is 2.07. The van der Waals surface area contributed by atoms with Crippen LogP contribution in [0, 0.1) is 5.82 Å². The number of carbonyl (C=O) groups excluding carboxylic acids is 1. The predicted molar refractivity (Wildman–Crippen MR) is 100 cm³/mol. The van der Waals surface area contributed by atoms with Crippen LogP contribution in [-0.2, 0) is 13.7 Å². The quantitative estimate of drug-likeness (QED) is 0.468. The van der Waals surface area contributed by atoms with Gasteiger partial charge in [-0.25, -0.2) is 4.39 Å². The molecule has 27 heavy (non-hydrogen) atoms.